The number of carbonyl (C=O) groups is 1. The first-order chi connectivity index (χ1) is 20.1. The zero-order chi connectivity index (χ0) is 30.6. The summed E-state index contributed by atoms with van der Waals surface area (Å²) in [6, 6.07) is 8.97. The molecule has 2 saturated carbocycles. The van der Waals surface area contributed by atoms with Gasteiger partial charge in [0.25, 0.3) is 0 Å². The van der Waals surface area contributed by atoms with Crippen molar-refractivity contribution in [3.05, 3.63) is 46.5 Å². The van der Waals surface area contributed by atoms with Gasteiger partial charge in [-0.25, -0.2) is 0 Å². The first-order valence-electron chi connectivity index (χ1n) is 16.8. The lowest BCUT2D eigenvalue weighted by Gasteiger charge is -2.49. The van der Waals surface area contributed by atoms with E-state index >= 15 is 0 Å². The van der Waals surface area contributed by atoms with Crippen molar-refractivity contribution in [1.82, 2.24) is 5.32 Å². The van der Waals surface area contributed by atoms with Crippen molar-refractivity contribution >= 4 is 5.91 Å². The van der Waals surface area contributed by atoms with Gasteiger partial charge in [-0.2, -0.15) is 0 Å². The average Bonchev–Trinajstić information content (AvgIpc) is 3.01. The highest BCUT2D eigenvalue weighted by atomic mass is 16.5. The third-order valence-corrected chi connectivity index (χ3v) is 10.5. The number of likely N-dealkylation sites (N-methyl/N-ethyl adjacent to an activating group) is 1. The van der Waals surface area contributed by atoms with E-state index in [1.165, 1.54) is 60.8 Å². The normalized spacial score (nSPS) is 17.2. The predicted molar refractivity (Wildman–Crippen MR) is 176 cm³/mol. The van der Waals surface area contributed by atoms with Crippen molar-refractivity contribution in [3.8, 4) is 22.6 Å². The summed E-state index contributed by atoms with van der Waals surface area (Å²) in [5.74, 6) is 3.37. The highest BCUT2D eigenvalue weighted by molar-refractivity contribution is 5.95. The first-order valence-corrected chi connectivity index (χ1v) is 16.8. The monoisotopic (exact) mass is 575 g/mol. The van der Waals surface area contributed by atoms with Crippen molar-refractivity contribution < 1.29 is 14.3 Å². The Morgan fingerprint density at radius 3 is 1.55 bits per heavy atom. The third kappa shape index (κ3) is 5.84. The molecule has 0 bridgehead atoms. The Kier molecular flexibility index (Phi) is 10.7. The molecule has 232 valence electrons. The molecule has 2 aliphatic rings. The van der Waals surface area contributed by atoms with Gasteiger partial charge in [-0.15, -0.1) is 0 Å². The summed E-state index contributed by atoms with van der Waals surface area (Å²) in [6.07, 6.45) is 11.5. The smallest absolute Gasteiger partial charge is 0.231 e. The molecule has 1 amide bonds. The Morgan fingerprint density at radius 1 is 0.714 bits per heavy atom. The van der Waals surface area contributed by atoms with Crippen LogP contribution in [0.5, 0.6) is 11.5 Å². The Labute approximate surface area is 256 Å². The van der Waals surface area contributed by atoms with Crippen LogP contribution < -0.4 is 14.8 Å². The molecule has 2 aliphatic carbocycles. The number of hydrogen-bond acceptors (Lipinski definition) is 3. The van der Waals surface area contributed by atoms with E-state index in [1.54, 1.807) is 14.2 Å². The number of rotatable bonds is 10. The minimum absolute atomic E-state index is 0.157. The molecule has 0 spiro atoms. The fourth-order valence-corrected chi connectivity index (χ4v) is 8.36. The highest BCUT2D eigenvalue weighted by Gasteiger charge is 2.55. The summed E-state index contributed by atoms with van der Waals surface area (Å²) in [5, 5.41) is 3.23. The van der Waals surface area contributed by atoms with Crippen LogP contribution in [-0.4, -0.2) is 27.2 Å². The van der Waals surface area contributed by atoms with Crippen molar-refractivity contribution in [2.75, 3.05) is 21.3 Å². The van der Waals surface area contributed by atoms with Gasteiger partial charge in [-0.3, -0.25) is 4.79 Å². The Morgan fingerprint density at radius 2 is 1.17 bits per heavy atom. The van der Waals surface area contributed by atoms with Gasteiger partial charge in [0.15, 0.2) is 0 Å². The maximum atomic E-state index is 14.9. The summed E-state index contributed by atoms with van der Waals surface area (Å²) < 4.78 is 12.6. The Hall–Kier alpha value is -2.49. The number of carbonyl (C=O) groups excluding carboxylic acids is 1. The van der Waals surface area contributed by atoms with Gasteiger partial charge in [0, 0.05) is 18.2 Å². The second kappa shape index (κ2) is 13.9. The molecule has 0 radical (unpaired) electrons. The molecule has 4 rings (SSSR count). The van der Waals surface area contributed by atoms with E-state index in [2.05, 4.69) is 71.1 Å². The number of benzene rings is 2. The van der Waals surface area contributed by atoms with Crippen molar-refractivity contribution in [1.29, 1.82) is 0 Å². The average molecular weight is 576 g/mol. The maximum Gasteiger partial charge on any atom is 0.231 e. The zero-order valence-corrected chi connectivity index (χ0v) is 28.0. The molecule has 0 atom stereocenters. The molecule has 0 aromatic heterocycles. The van der Waals surface area contributed by atoms with Crippen LogP contribution in [0.15, 0.2) is 24.3 Å². The quantitative estimate of drug-likeness (QED) is 0.307. The fourth-order valence-electron chi connectivity index (χ4n) is 8.36. The van der Waals surface area contributed by atoms with E-state index in [0.29, 0.717) is 17.8 Å². The lowest BCUT2D eigenvalue weighted by molar-refractivity contribution is -0.132. The van der Waals surface area contributed by atoms with E-state index in [-0.39, 0.29) is 17.7 Å². The second-order valence-corrected chi connectivity index (χ2v) is 13.9. The molecular formula is C38H57NO3. The highest BCUT2D eigenvalue weighted by Crippen LogP contribution is 2.58. The van der Waals surface area contributed by atoms with Crippen LogP contribution in [0.25, 0.3) is 11.1 Å². The van der Waals surface area contributed by atoms with Crippen LogP contribution in [0.4, 0.5) is 0 Å². The predicted octanol–water partition coefficient (Wildman–Crippen LogP) is 9.89. The van der Waals surface area contributed by atoms with E-state index in [1.807, 2.05) is 7.05 Å². The fraction of sp³-hybridized carbons (Fsp3) is 0.658. The maximum absolute atomic E-state index is 14.9. The minimum Gasteiger partial charge on any atom is -0.496 e. The Balaban J connectivity index is 2.24. The van der Waals surface area contributed by atoms with Gasteiger partial charge in [-0.05, 0) is 89.7 Å². The molecule has 42 heavy (non-hydrogen) atoms. The lowest BCUT2D eigenvalue weighted by Crippen LogP contribution is -2.55. The summed E-state index contributed by atoms with van der Waals surface area (Å²) >= 11 is 0. The van der Waals surface area contributed by atoms with E-state index in [9.17, 15) is 4.79 Å². The largest absolute Gasteiger partial charge is 0.496 e. The number of methoxy groups -OCH3 is 2. The molecule has 2 aromatic carbocycles. The van der Waals surface area contributed by atoms with Crippen LogP contribution in [0.2, 0.25) is 0 Å². The van der Waals surface area contributed by atoms with E-state index in [4.69, 9.17) is 9.47 Å². The molecule has 4 nitrogen and oxygen atoms in total. The molecule has 0 saturated heterocycles. The van der Waals surface area contributed by atoms with Crippen LogP contribution in [0.1, 0.15) is 146 Å². The second-order valence-electron chi connectivity index (χ2n) is 13.9. The summed E-state index contributed by atoms with van der Waals surface area (Å²) in [5.41, 5.74) is 6.74. The minimum atomic E-state index is -0.690. The van der Waals surface area contributed by atoms with Crippen molar-refractivity contribution in [2.24, 2.45) is 11.8 Å². The Bertz CT molecular complexity index is 1170. The van der Waals surface area contributed by atoms with Crippen LogP contribution >= 0.6 is 0 Å². The summed E-state index contributed by atoms with van der Waals surface area (Å²) in [6.45, 7) is 13.8. The molecule has 4 heteroatoms. The molecule has 1 N–H and O–H groups in total. The van der Waals surface area contributed by atoms with E-state index in [0.717, 1.165) is 48.3 Å². The van der Waals surface area contributed by atoms with Crippen LogP contribution in [0.3, 0.4) is 0 Å². The summed E-state index contributed by atoms with van der Waals surface area (Å²) in [7, 11) is 5.40. The van der Waals surface area contributed by atoms with Crippen molar-refractivity contribution in [3.63, 3.8) is 0 Å². The first kappa shape index (κ1) is 32.4. The van der Waals surface area contributed by atoms with Crippen LogP contribution in [0, 0.1) is 11.8 Å². The number of hydrogen-bond donors (Lipinski definition) is 1. The lowest BCUT2D eigenvalue weighted by atomic mass is 9.54. The number of ether oxygens (including phenoxy) is 2. The number of nitrogens with one attached hydrogen (secondary N) is 1. The van der Waals surface area contributed by atoms with E-state index < -0.39 is 5.41 Å². The molecule has 2 fully saturated rings. The molecule has 0 unspecified atom stereocenters. The van der Waals surface area contributed by atoms with Crippen molar-refractivity contribution in [2.45, 2.75) is 129 Å². The SMILES string of the molecule is CNC(=O)C(c1c(OC)ccc(OC)c1-c1c(C(C)C)cc(C(C)C)cc1C(C)C)(C1CCCCC1)C1CCCCC1. The van der Waals surface area contributed by atoms with Gasteiger partial charge in [0.05, 0.1) is 19.6 Å². The van der Waals surface area contributed by atoms with Gasteiger partial charge in [0.1, 0.15) is 11.5 Å². The third-order valence-electron chi connectivity index (χ3n) is 10.5. The van der Waals surface area contributed by atoms with Crippen LogP contribution in [-0.2, 0) is 10.2 Å². The van der Waals surface area contributed by atoms with Gasteiger partial charge in [-0.1, -0.05) is 92.2 Å². The topological polar surface area (TPSA) is 47.6 Å². The van der Waals surface area contributed by atoms with Gasteiger partial charge < -0.3 is 14.8 Å². The van der Waals surface area contributed by atoms with Gasteiger partial charge in [0.2, 0.25) is 5.91 Å². The van der Waals surface area contributed by atoms with Gasteiger partial charge >= 0.3 is 0 Å². The summed E-state index contributed by atoms with van der Waals surface area (Å²) in [4.78, 5) is 14.9. The molecule has 0 aliphatic heterocycles. The molecular weight excluding hydrogens is 518 g/mol. The standard InChI is InChI=1S/C38H57NO3/c1-24(2)27-22-30(25(3)4)34(31(23-27)26(5)6)35-32(41-8)20-21-33(42-9)36(35)38(37(40)39-7,28-16-12-10-13-17-28)29-18-14-11-15-19-29/h20-26,28-29H,10-19H2,1-9H3,(H,39,40). The molecule has 2 aromatic rings. The zero-order valence-electron chi connectivity index (χ0n) is 28.0. The number of amides is 1. The molecule has 0 heterocycles.